The molecule has 0 rings (SSSR count). The summed E-state index contributed by atoms with van der Waals surface area (Å²) in [5, 5.41) is 2.96. The number of carbonyl (C=O) groups excluding carboxylic acids is 1. The van der Waals surface area contributed by atoms with Crippen LogP contribution >= 0.6 is 23.2 Å². The van der Waals surface area contributed by atoms with Gasteiger partial charge in [-0.2, -0.15) is 5.01 Å². The number of halogens is 2. The summed E-state index contributed by atoms with van der Waals surface area (Å²) in [5.41, 5.74) is -0.794. The van der Waals surface area contributed by atoms with Gasteiger partial charge in [-0.1, -0.05) is 11.6 Å². The molecule has 0 aliphatic heterocycles. The zero-order valence-corrected chi connectivity index (χ0v) is 7.88. The lowest BCUT2D eigenvalue weighted by atomic mass is 10.7. The molecular weight excluding hydrogens is 207 g/mol. The minimum absolute atomic E-state index is 0.00744. The van der Waals surface area contributed by atoms with Gasteiger partial charge in [0.2, 0.25) is 0 Å². The maximum absolute atomic E-state index is 10.8. The lowest BCUT2D eigenvalue weighted by Crippen LogP contribution is -2.29. The van der Waals surface area contributed by atoms with Crippen molar-refractivity contribution in [2.45, 2.75) is 12.5 Å². The molecule has 0 heterocycles. The van der Waals surface area contributed by atoms with Crippen LogP contribution in [0.15, 0.2) is 5.29 Å². The number of ether oxygens (including phenoxy) is 1. The molecule has 0 saturated heterocycles. The topological polar surface area (TPSA) is 59.0 Å². The highest BCUT2D eigenvalue weighted by atomic mass is 35.5. The molecule has 0 saturated carbocycles. The average Bonchev–Trinajstić information content (AvgIpc) is 1.98. The molecule has 0 aromatic heterocycles. The van der Waals surface area contributed by atoms with E-state index >= 15 is 0 Å². The number of hydrogen-bond acceptors (Lipinski definition) is 4. The molecule has 1 amide bonds. The van der Waals surface area contributed by atoms with Gasteiger partial charge in [-0.15, -0.1) is 16.5 Å². The van der Waals surface area contributed by atoms with Crippen molar-refractivity contribution < 1.29 is 9.53 Å². The third-order valence-corrected chi connectivity index (χ3v) is 1.13. The number of alkyl halides is 2. The molecule has 0 fully saturated rings. The summed E-state index contributed by atoms with van der Waals surface area (Å²) in [6, 6.07) is 0. The van der Waals surface area contributed by atoms with E-state index in [-0.39, 0.29) is 12.4 Å². The molecule has 0 aromatic rings. The van der Waals surface area contributed by atoms with Crippen molar-refractivity contribution in [1.29, 1.82) is 0 Å². The van der Waals surface area contributed by atoms with Crippen molar-refractivity contribution in [1.82, 2.24) is 5.01 Å². The van der Waals surface area contributed by atoms with E-state index in [4.69, 9.17) is 23.2 Å². The molecule has 1 unspecified atom stereocenters. The highest BCUT2D eigenvalue weighted by Crippen LogP contribution is 2.02. The summed E-state index contributed by atoms with van der Waals surface area (Å²) in [6.07, 6.45) is -0.895. The van der Waals surface area contributed by atoms with Crippen LogP contribution in [0.25, 0.3) is 0 Å². The van der Waals surface area contributed by atoms with Gasteiger partial charge in [-0.05, 0) is 6.92 Å². The zero-order chi connectivity index (χ0) is 9.56. The van der Waals surface area contributed by atoms with Gasteiger partial charge in [0.05, 0.1) is 11.8 Å². The Balaban J connectivity index is 3.93. The van der Waals surface area contributed by atoms with Crippen molar-refractivity contribution in [2.75, 3.05) is 12.4 Å². The van der Waals surface area contributed by atoms with Crippen LogP contribution in [0.1, 0.15) is 6.92 Å². The molecule has 5 nitrogen and oxygen atoms in total. The molecule has 7 heteroatoms. The van der Waals surface area contributed by atoms with E-state index in [2.05, 4.69) is 10.0 Å². The Morgan fingerprint density at radius 1 is 1.75 bits per heavy atom. The van der Waals surface area contributed by atoms with Crippen molar-refractivity contribution in [2.24, 2.45) is 5.29 Å². The predicted molar refractivity (Wildman–Crippen MR) is 45.0 cm³/mol. The van der Waals surface area contributed by atoms with Gasteiger partial charge in [0.15, 0.2) is 5.56 Å². The minimum atomic E-state index is -0.895. The van der Waals surface area contributed by atoms with Crippen molar-refractivity contribution >= 4 is 29.3 Å². The van der Waals surface area contributed by atoms with Crippen molar-refractivity contribution in [3.05, 3.63) is 4.91 Å². The smallest absolute Gasteiger partial charge is 0.429 e. The van der Waals surface area contributed by atoms with Crippen LogP contribution in [0.4, 0.5) is 4.79 Å². The fourth-order valence-corrected chi connectivity index (χ4v) is 0.682. The third kappa shape index (κ3) is 4.35. The van der Waals surface area contributed by atoms with E-state index in [0.29, 0.717) is 5.01 Å². The second kappa shape index (κ2) is 6.02. The van der Waals surface area contributed by atoms with E-state index in [1.54, 1.807) is 0 Å². The number of rotatable bonds is 4. The van der Waals surface area contributed by atoms with Crippen molar-refractivity contribution in [3.8, 4) is 0 Å². The first kappa shape index (κ1) is 11.4. The number of nitroso groups, excluding NO2 is 1. The highest BCUT2D eigenvalue weighted by Gasteiger charge is 2.16. The van der Waals surface area contributed by atoms with E-state index in [1.165, 1.54) is 6.92 Å². The summed E-state index contributed by atoms with van der Waals surface area (Å²) >= 11 is 10.6. The standard InChI is InChI=1S/C5H8Cl2N2O3/c1-4(7)12-5(10)9(8-11)3-2-6/h4H,2-3H2,1H3. The van der Waals surface area contributed by atoms with E-state index in [9.17, 15) is 9.70 Å². The molecule has 0 aliphatic carbocycles. The van der Waals surface area contributed by atoms with Gasteiger partial charge in [0, 0.05) is 5.88 Å². The van der Waals surface area contributed by atoms with Crippen LogP contribution in [0.5, 0.6) is 0 Å². The van der Waals surface area contributed by atoms with Gasteiger partial charge >= 0.3 is 6.09 Å². The first-order valence-corrected chi connectivity index (χ1v) is 4.10. The molecule has 0 bridgehead atoms. The Hall–Kier alpha value is -0.550. The fourth-order valence-electron chi connectivity index (χ4n) is 0.445. The maximum atomic E-state index is 10.8. The van der Waals surface area contributed by atoms with Gasteiger partial charge in [0.25, 0.3) is 0 Å². The average molecular weight is 215 g/mol. The number of carbonyl (C=O) groups is 1. The van der Waals surface area contributed by atoms with Gasteiger partial charge in [0.1, 0.15) is 0 Å². The predicted octanol–water partition coefficient (Wildman–Crippen LogP) is 1.93. The summed E-state index contributed by atoms with van der Waals surface area (Å²) in [7, 11) is 0. The van der Waals surface area contributed by atoms with Gasteiger partial charge in [-0.25, -0.2) is 4.79 Å². The second-order valence-corrected chi connectivity index (χ2v) is 2.81. The minimum Gasteiger partial charge on any atom is -0.429 e. The molecule has 0 aliphatic rings. The summed E-state index contributed by atoms with van der Waals surface area (Å²) in [5.74, 6) is 0.109. The van der Waals surface area contributed by atoms with Gasteiger partial charge in [-0.3, -0.25) is 0 Å². The lowest BCUT2D eigenvalue weighted by Gasteiger charge is -2.12. The number of amides is 1. The molecule has 1 atom stereocenters. The Labute approximate surface area is 79.5 Å². The Bertz CT molecular complexity index is 165. The van der Waals surface area contributed by atoms with Crippen LogP contribution in [-0.2, 0) is 4.74 Å². The van der Waals surface area contributed by atoms with Crippen LogP contribution < -0.4 is 0 Å². The molecule has 0 aromatic carbocycles. The largest absolute Gasteiger partial charge is 0.434 e. The first-order chi connectivity index (χ1) is 5.61. The number of nitrogens with zero attached hydrogens (tertiary/aromatic N) is 2. The summed E-state index contributed by atoms with van der Waals surface area (Å²) in [4.78, 5) is 20.8. The van der Waals surface area contributed by atoms with E-state index in [1.807, 2.05) is 0 Å². The van der Waals surface area contributed by atoms with Crippen LogP contribution in [-0.4, -0.2) is 29.1 Å². The number of hydrogen-bond donors (Lipinski definition) is 0. The normalized spacial score (nSPS) is 11.9. The Morgan fingerprint density at radius 2 is 2.33 bits per heavy atom. The van der Waals surface area contributed by atoms with Crippen LogP contribution in [0.2, 0.25) is 0 Å². The monoisotopic (exact) mass is 214 g/mol. The van der Waals surface area contributed by atoms with Crippen molar-refractivity contribution in [3.63, 3.8) is 0 Å². The lowest BCUT2D eigenvalue weighted by molar-refractivity contribution is 0.0983. The van der Waals surface area contributed by atoms with E-state index in [0.717, 1.165) is 0 Å². The molecular formula is C5H8Cl2N2O3. The Morgan fingerprint density at radius 3 is 2.67 bits per heavy atom. The highest BCUT2D eigenvalue weighted by molar-refractivity contribution is 6.20. The molecule has 12 heavy (non-hydrogen) atoms. The quantitative estimate of drug-likeness (QED) is 0.409. The van der Waals surface area contributed by atoms with Crippen LogP contribution in [0, 0.1) is 4.91 Å². The molecule has 70 valence electrons. The van der Waals surface area contributed by atoms with E-state index < -0.39 is 11.7 Å². The summed E-state index contributed by atoms with van der Waals surface area (Å²) < 4.78 is 4.46. The third-order valence-electron chi connectivity index (χ3n) is 0.869. The zero-order valence-electron chi connectivity index (χ0n) is 6.37. The van der Waals surface area contributed by atoms with Crippen LogP contribution in [0.3, 0.4) is 0 Å². The SMILES string of the molecule is CC(Cl)OC(=O)N(CCCl)N=O. The van der Waals surface area contributed by atoms with Gasteiger partial charge < -0.3 is 4.74 Å². The molecule has 0 spiro atoms. The molecule has 0 radical (unpaired) electrons. The second-order valence-electron chi connectivity index (χ2n) is 1.82. The maximum Gasteiger partial charge on any atom is 0.434 e. The first-order valence-electron chi connectivity index (χ1n) is 3.13. The summed E-state index contributed by atoms with van der Waals surface area (Å²) in [6.45, 7) is 1.45. The fraction of sp³-hybridized carbons (Fsp3) is 0.800. The Kier molecular flexibility index (Phi) is 5.74. The molecule has 0 N–H and O–H groups in total.